The fraction of sp³-hybridized carbons (Fsp3) is 0.438. The van der Waals surface area contributed by atoms with Gasteiger partial charge >= 0.3 is 0 Å². The molecule has 2 aromatic heterocycles. The lowest BCUT2D eigenvalue weighted by molar-refractivity contribution is 0.119. The molecule has 2 aromatic rings. The maximum Gasteiger partial charge on any atom is 0.269 e. The van der Waals surface area contributed by atoms with Crippen molar-refractivity contribution < 1.29 is 13.2 Å². The molecule has 0 aliphatic carbocycles. The van der Waals surface area contributed by atoms with Gasteiger partial charge in [-0.05, 0) is 12.1 Å². The summed E-state index contributed by atoms with van der Waals surface area (Å²) >= 11 is 0. The van der Waals surface area contributed by atoms with Crippen molar-refractivity contribution >= 4 is 5.69 Å². The van der Waals surface area contributed by atoms with Crippen molar-refractivity contribution in [3.63, 3.8) is 0 Å². The van der Waals surface area contributed by atoms with Gasteiger partial charge in [-0.3, -0.25) is 14.7 Å². The minimum atomic E-state index is -2.62. The number of pyridine rings is 1. The van der Waals surface area contributed by atoms with Crippen molar-refractivity contribution in [2.45, 2.75) is 19.5 Å². The van der Waals surface area contributed by atoms with E-state index in [-0.39, 0.29) is 5.82 Å². The maximum absolute atomic E-state index is 13.7. The third kappa shape index (κ3) is 4.36. The lowest BCUT2D eigenvalue weighted by Gasteiger charge is -2.35. The molecule has 0 amide bonds. The van der Waals surface area contributed by atoms with Gasteiger partial charge in [0.25, 0.3) is 12.0 Å². The van der Waals surface area contributed by atoms with Crippen LogP contribution in [0.15, 0.2) is 35.4 Å². The summed E-state index contributed by atoms with van der Waals surface area (Å²) in [7, 11) is 0. The van der Waals surface area contributed by atoms with E-state index in [4.69, 9.17) is 0 Å². The molecule has 1 aliphatic rings. The van der Waals surface area contributed by atoms with Crippen LogP contribution in [-0.2, 0) is 13.1 Å². The number of hydrogen-bond donors (Lipinski definition) is 0. The molecule has 0 saturated carbocycles. The van der Waals surface area contributed by atoms with E-state index in [1.807, 2.05) is 4.90 Å². The van der Waals surface area contributed by atoms with Crippen LogP contribution in [0.2, 0.25) is 0 Å². The highest BCUT2D eigenvalue weighted by atomic mass is 19.3. The fourth-order valence-corrected chi connectivity index (χ4v) is 2.78. The van der Waals surface area contributed by atoms with Crippen molar-refractivity contribution in [1.29, 1.82) is 0 Å². The average Bonchev–Trinajstić information content (AvgIpc) is 2.59. The number of alkyl halides is 2. The molecule has 134 valence electrons. The van der Waals surface area contributed by atoms with Gasteiger partial charge in [0.05, 0.1) is 17.6 Å². The first-order valence-corrected chi connectivity index (χ1v) is 7.95. The molecule has 0 unspecified atom stereocenters. The van der Waals surface area contributed by atoms with E-state index >= 15 is 0 Å². The molecule has 0 N–H and O–H groups in total. The summed E-state index contributed by atoms with van der Waals surface area (Å²) in [5, 5.41) is 3.80. The van der Waals surface area contributed by atoms with Crippen molar-refractivity contribution in [2.24, 2.45) is 0 Å². The molecule has 6 nitrogen and oxygen atoms in total. The first-order valence-electron chi connectivity index (χ1n) is 7.95. The molecule has 0 spiro atoms. The Labute approximate surface area is 142 Å². The molecule has 3 rings (SSSR count). The zero-order valence-corrected chi connectivity index (χ0v) is 13.5. The lowest BCUT2D eigenvalue weighted by atomic mass is 10.2. The predicted octanol–water partition coefficient (Wildman–Crippen LogP) is 1.36. The van der Waals surface area contributed by atoms with E-state index in [1.165, 1.54) is 18.3 Å². The van der Waals surface area contributed by atoms with Crippen LogP contribution in [0.3, 0.4) is 0 Å². The van der Waals surface area contributed by atoms with Crippen LogP contribution in [-0.4, -0.2) is 52.3 Å². The summed E-state index contributed by atoms with van der Waals surface area (Å²) in [4.78, 5) is 19.9. The second kappa shape index (κ2) is 7.64. The molecule has 0 aromatic carbocycles. The molecule has 1 fully saturated rings. The Kier molecular flexibility index (Phi) is 5.32. The molecule has 0 atom stereocenters. The van der Waals surface area contributed by atoms with Crippen molar-refractivity contribution in [3.8, 4) is 0 Å². The Morgan fingerprint density at radius 2 is 1.96 bits per heavy atom. The van der Waals surface area contributed by atoms with E-state index in [9.17, 15) is 18.0 Å². The fourth-order valence-electron chi connectivity index (χ4n) is 2.78. The van der Waals surface area contributed by atoms with Crippen molar-refractivity contribution in [2.75, 3.05) is 31.1 Å². The van der Waals surface area contributed by atoms with E-state index in [2.05, 4.69) is 15.0 Å². The lowest BCUT2D eigenvalue weighted by Crippen LogP contribution is -2.46. The Morgan fingerprint density at radius 3 is 2.60 bits per heavy atom. The summed E-state index contributed by atoms with van der Waals surface area (Å²) in [5.41, 5.74) is 0.474. The van der Waals surface area contributed by atoms with Crippen LogP contribution in [0, 0.1) is 5.82 Å². The first kappa shape index (κ1) is 17.4. The topological polar surface area (TPSA) is 54.3 Å². The smallest absolute Gasteiger partial charge is 0.269 e. The molecule has 1 saturated heterocycles. The van der Waals surface area contributed by atoms with Crippen LogP contribution < -0.4 is 10.5 Å². The third-order valence-corrected chi connectivity index (χ3v) is 4.11. The Hall–Kier alpha value is -2.42. The van der Waals surface area contributed by atoms with Crippen LogP contribution >= 0.6 is 0 Å². The maximum atomic E-state index is 13.7. The van der Waals surface area contributed by atoms with Gasteiger partial charge in [0.15, 0.2) is 0 Å². The predicted molar refractivity (Wildman–Crippen MR) is 86.2 cm³/mol. The number of halogens is 3. The Balaban J connectivity index is 1.60. The van der Waals surface area contributed by atoms with Gasteiger partial charge < -0.3 is 4.90 Å². The number of nitrogens with zero attached hydrogens (tertiary/aromatic N) is 5. The van der Waals surface area contributed by atoms with E-state index < -0.39 is 18.5 Å². The van der Waals surface area contributed by atoms with Gasteiger partial charge in [-0.1, -0.05) is 0 Å². The summed E-state index contributed by atoms with van der Waals surface area (Å²) in [6, 6.07) is 4.27. The van der Waals surface area contributed by atoms with Gasteiger partial charge in [0, 0.05) is 45.0 Å². The zero-order valence-electron chi connectivity index (χ0n) is 13.5. The second-order valence-corrected chi connectivity index (χ2v) is 5.82. The van der Waals surface area contributed by atoms with Gasteiger partial charge in [0.1, 0.15) is 12.4 Å². The van der Waals surface area contributed by atoms with E-state index in [0.29, 0.717) is 44.1 Å². The highest BCUT2D eigenvalue weighted by Crippen LogP contribution is 2.15. The monoisotopic (exact) mass is 353 g/mol. The summed E-state index contributed by atoms with van der Waals surface area (Å²) < 4.78 is 39.1. The summed E-state index contributed by atoms with van der Waals surface area (Å²) in [6.45, 7) is 2.34. The molecular weight excluding hydrogens is 335 g/mol. The minimum Gasteiger partial charge on any atom is -0.368 e. The van der Waals surface area contributed by atoms with E-state index in [0.717, 1.165) is 4.68 Å². The number of rotatable bonds is 5. The zero-order chi connectivity index (χ0) is 17.8. The minimum absolute atomic E-state index is 0.322. The number of anilines is 1. The molecule has 0 radical (unpaired) electrons. The van der Waals surface area contributed by atoms with Gasteiger partial charge in [-0.15, -0.1) is 0 Å². The van der Waals surface area contributed by atoms with Crippen LogP contribution in [0.5, 0.6) is 0 Å². The van der Waals surface area contributed by atoms with Gasteiger partial charge in [0.2, 0.25) is 0 Å². The van der Waals surface area contributed by atoms with E-state index in [1.54, 1.807) is 12.3 Å². The normalized spacial score (nSPS) is 15.8. The molecular formula is C16H18F3N5O. The standard InChI is InChI=1S/C16H18F3N5O/c17-13-2-1-3-20-14(13)10-22-4-6-23(7-5-22)12-8-16(25)24(21-9-12)11-15(18)19/h1-3,8-9,15H,4-7,10-11H2. The van der Waals surface area contributed by atoms with Crippen molar-refractivity contribution in [3.05, 3.63) is 52.5 Å². The largest absolute Gasteiger partial charge is 0.368 e. The van der Waals surface area contributed by atoms with Crippen LogP contribution in [0.1, 0.15) is 5.69 Å². The van der Waals surface area contributed by atoms with Crippen LogP contribution in [0.4, 0.5) is 18.9 Å². The van der Waals surface area contributed by atoms with Gasteiger partial charge in [-0.2, -0.15) is 5.10 Å². The molecule has 0 bridgehead atoms. The summed E-state index contributed by atoms with van der Waals surface area (Å²) in [5.74, 6) is -0.322. The van der Waals surface area contributed by atoms with Crippen LogP contribution in [0.25, 0.3) is 0 Å². The molecule has 9 heteroatoms. The van der Waals surface area contributed by atoms with Gasteiger partial charge in [-0.25, -0.2) is 17.9 Å². The highest BCUT2D eigenvalue weighted by Gasteiger charge is 2.20. The highest BCUT2D eigenvalue weighted by molar-refractivity contribution is 5.43. The van der Waals surface area contributed by atoms with Crippen molar-refractivity contribution in [1.82, 2.24) is 19.7 Å². The Bertz CT molecular complexity index is 774. The number of piperazine rings is 1. The summed E-state index contributed by atoms with van der Waals surface area (Å²) in [6.07, 6.45) is 0.374. The molecule has 1 aliphatic heterocycles. The Morgan fingerprint density at radius 1 is 1.20 bits per heavy atom. The number of hydrogen-bond acceptors (Lipinski definition) is 5. The second-order valence-electron chi connectivity index (χ2n) is 5.82. The molecule has 3 heterocycles. The first-order chi connectivity index (χ1) is 12.0. The number of aromatic nitrogens is 3. The quantitative estimate of drug-likeness (QED) is 0.813. The molecule has 25 heavy (non-hydrogen) atoms. The average molecular weight is 353 g/mol. The SMILES string of the molecule is O=c1cc(N2CCN(Cc3ncccc3F)CC2)cnn1CC(F)F. The third-order valence-electron chi connectivity index (χ3n) is 4.11.